The number of aryl methyl sites for hydroxylation is 1. The molecule has 0 radical (unpaired) electrons. The zero-order valence-corrected chi connectivity index (χ0v) is 9.75. The van der Waals surface area contributed by atoms with E-state index in [-0.39, 0.29) is 0 Å². The number of benzene rings is 1. The Labute approximate surface area is 92.6 Å². The molecule has 15 heavy (non-hydrogen) atoms. The highest BCUT2D eigenvalue weighted by Crippen LogP contribution is 2.12. The Morgan fingerprint density at radius 1 is 1.20 bits per heavy atom. The number of hydrogen-bond donors (Lipinski definition) is 1. The van der Waals surface area contributed by atoms with Crippen LogP contribution in [0.4, 0.5) is 0 Å². The van der Waals surface area contributed by atoms with Crippen LogP contribution in [0, 0.1) is 6.92 Å². The van der Waals surface area contributed by atoms with Gasteiger partial charge in [-0.15, -0.1) is 0 Å². The first-order valence-electron chi connectivity index (χ1n) is 5.67. The topological polar surface area (TPSA) is 21.3 Å². The third kappa shape index (κ3) is 5.43. The Kier molecular flexibility index (Phi) is 5.86. The van der Waals surface area contributed by atoms with Crippen molar-refractivity contribution in [3.05, 3.63) is 29.8 Å². The molecule has 0 fully saturated rings. The predicted octanol–water partition coefficient (Wildman–Crippen LogP) is 2.76. The normalized spacial score (nSPS) is 10.3. The minimum atomic E-state index is 0.827. The van der Waals surface area contributed by atoms with E-state index in [1.165, 1.54) is 18.4 Å². The van der Waals surface area contributed by atoms with Gasteiger partial charge in [-0.2, -0.15) is 0 Å². The zero-order valence-electron chi connectivity index (χ0n) is 9.75. The largest absolute Gasteiger partial charge is 0.494 e. The van der Waals surface area contributed by atoms with Crippen molar-refractivity contribution in [2.75, 3.05) is 20.2 Å². The first kappa shape index (κ1) is 12.1. The molecule has 0 saturated carbocycles. The lowest BCUT2D eigenvalue weighted by molar-refractivity contribution is 0.305. The molecule has 0 unspecified atom stereocenters. The van der Waals surface area contributed by atoms with Crippen molar-refractivity contribution in [2.24, 2.45) is 0 Å². The molecule has 0 aromatic heterocycles. The molecule has 0 saturated heterocycles. The van der Waals surface area contributed by atoms with E-state index in [0.717, 1.165) is 25.3 Å². The lowest BCUT2D eigenvalue weighted by Crippen LogP contribution is -2.07. The molecule has 0 amide bonds. The summed E-state index contributed by atoms with van der Waals surface area (Å²) in [7, 11) is 1.99. The van der Waals surface area contributed by atoms with Gasteiger partial charge in [0.1, 0.15) is 5.75 Å². The molecule has 1 rings (SSSR count). The van der Waals surface area contributed by atoms with Crippen molar-refractivity contribution >= 4 is 0 Å². The number of ether oxygens (including phenoxy) is 1. The van der Waals surface area contributed by atoms with Gasteiger partial charge < -0.3 is 10.1 Å². The maximum Gasteiger partial charge on any atom is 0.119 e. The van der Waals surface area contributed by atoms with Crippen molar-refractivity contribution in [3.8, 4) is 5.75 Å². The third-order valence-electron chi connectivity index (χ3n) is 2.33. The van der Waals surface area contributed by atoms with E-state index in [9.17, 15) is 0 Å². The molecular formula is C13H21NO. The predicted molar refractivity (Wildman–Crippen MR) is 64.5 cm³/mol. The SMILES string of the molecule is CNCCCCCOc1cccc(C)c1. The van der Waals surface area contributed by atoms with E-state index in [1.807, 2.05) is 19.2 Å². The summed E-state index contributed by atoms with van der Waals surface area (Å²) >= 11 is 0. The molecule has 0 atom stereocenters. The van der Waals surface area contributed by atoms with Crippen molar-refractivity contribution in [1.29, 1.82) is 0 Å². The number of unbranched alkanes of at least 4 members (excludes halogenated alkanes) is 2. The fourth-order valence-electron chi connectivity index (χ4n) is 1.48. The zero-order chi connectivity index (χ0) is 10.9. The first-order valence-corrected chi connectivity index (χ1v) is 5.67. The van der Waals surface area contributed by atoms with E-state index in [1.54, 1.807) is 0 Å². The lowest BCUT2D eigenvalue weighted by Gasteiger charge is -2.06. The summed E-state index contributed by atoms with van der Waals surface area (Å²) in [5.41, 5.74) is 1.25. The smallest absolute Gasteiger partial charge is 0.119 e. The maximum atomic E-state index is 5.65. The van der Waals surface area contributed by atoms with E-state index in [2.05, 4.69) is 24.4 Å². The van der Waals surface area contributed by atoms with Crippen LogP contribution in [0.2, 0.25) is 0 Å². The standard InChI is InChI=1S/C13H21NO/c1-12-7-6-8-13(11-12)15-10-5-3-4-9-14-2/h6-8,11,14H,3-5,9-10H2,1-2H3. The van der Waals surface area contributed by atoms with Crippen molar-refractivity contribution in [3.63, 3.8) is 0 Å². The van der Waals surface area contributed by atoms with E-state index < -0.39 is 0 Å². The summed E-state index contributed by atoms with van der Waals surface area (Å²) < 4.78 is 5.65. The van der Waals surface area contributed by atoms with Crippen molar-refractivity contribution < 1.29 is 4.74 Å². The monoisotopic (exact) mass is 207 g/mol. The van der Waals surface area contributed by atoms with Crippen LogP contribution in [0.3, 0.4) is 0 Å². The third-order valence-corrected chi connectivity index (χ3v) is 2.33. The van der Waals surface area contributed by atoms with Gasteiger partial charge in [0.15, 0.2) is 0 Å². The first-order chi connectivity index (χ1) is 7.33. The molecule has 0 bridgehead atoms. The van der Waals surface area contributed by atoms with Gasteiger partial charge in [-0.3, -0.25) is 0 Å². The van der Waals surface area contributed by atoms with Gasteiger partial charge in [0, 0.05) is 0 Å². The van der Waals surface area contributed by atoms with E-state index in [0.29, 0.717) is 0 Å². The van der Waals surface area contributed by atoms with Crippen LogP contribution in [-0.4, -0.2) is 20.2 Å². The molecule has 1 aromatic carbocycles. The molecule has 0 aliphatic carbocycles. The van der Waals surface area contributed by atoms with Gasteiger partial charge in [-0.1, -0.05) is 12.1 Å². The Hall–Kier alpha value is -1.02. The van der Waals surface area contributed by atoms with Crippen LogP contribution in [0.15, 0.2) is 24.3 Å². The van der Waals surface area contributed by atoms with Gasteiger partial charge in [-0.25, -0.2) is 0 Å². The Balaban J connectivity index is 2.10. The van der Waals surface area contributed by atoms with Gasteiger partial charge in [0.2, 0.25) is 0 Å². The van der Waals surface area contributed by atoms with Gasteiger partial charge in [0.05, 0.1) is 6.61 Å². The molecule has 1 N–H and O–H groups in total. The molecule has 2 heteroatoms. The van der Waals surface area contributed by atoms with Gasteiger partial charge in [0.25, 0.3) is 0 Å². The van der Waals surface area contributed by atoms with Crippen LogP contribution >= 0.6 is 0 Å². The second-order valence-electron chi connectivity index (χ2n) is 3.83. The number of nitrogens with one attached hydrogen (secondary N) is 1. The Morgan fingerprint density at radius 2 is 2.07 bits per heavy atom. The van der Waals surface area contributed by atoms with E-state index >= 15 is 0 Å². The van der Waals surface area contributed by atoms with Crippen LogP contribution in [-0.2, 0) is 0 Å². The molecule has 1 aromatic rings. The second-order valence-corrected chi connectivity index (χ2v) is 3.83. The number of hydrogen-bond acceptors (Lipinski definition) is 2. The van der Waals surface area contributed by atoms with E-state index in [4.69, 9.17) is 4.74 Å². The fourth-order valence-corrected chi connectivity index (χ4v) is 1.48. The molecule has 0 aliphatic rings. The fraction of sp³-hybridized carbons (Fsp3) is 0.538. The maximum absolute atomic E-state index is 5.65. The van der Waals surface area contributed by atoms with Crippen LogP contribution in [0.1, 0.15) is 24.8 Å². The average molecular weight is 207 g/mol. The van der Waals surface area contributed by atoms with Crippen LogP contribution in [0.25, 0.3) is 0 Å². The molecule has 2 nitrogen and oxygen atoms in total. The summed E-state index contributed by atoms with van der Waals surface area (Å²) in [4.78, 5) is 0. The Bertz CT molecular complexity index is 273. The van der Waals surface area contributed by atoms with Crippen molar-refractivity contribution in [2.45, 2.75) is 26.2 Å². The molecular weight excluding hydrogens is 186 g/mol. The van der Waals surface area contributed by atoms with Gasteiger partial charge >= 0.3 is 0 Å². The van der Waals surface area contributed by atoms with Gasteiger partial charge in [-0.05, 0) is 57.5 Å². The summed E-state index contributed by atoms with van der Waals surface area (Å²) in [5, 5.41) is 3.14. The summed E-state index contributed by atoms with van der Waals surface area (Å²) in [6.45, 7) is 4.01. The Morgan fingerprint density at radius 3 is 2.80 bits per heavy atom. The summed E-state index contributed by atoms with van der Waals surface area (Å²) in [6.07, 6.45) is 3.59. The minimum absolute atomic E-state index is 0.827. The highest BCUT2D eigenvalue weighted by atomic mass is 16.5. The highest BCUT2D eigenvalue weighted by molar-refractivity contribution is 5.27. The van der Waals surface area contributed by atoms with Crippen molar-refractivity contribution in [1.82, 2.24) is 5.32 Å². The molecule has 0 spiro atoms. The summed E-state index contributed by atoms with van der Waals surface area (Å²) in [6, 6.07) is 8.21. The molecule has 84 valence electrons. The minimum Gasteiger partial charge on any atom is -0.494 e. The molecule has 0 aliphatic heterocycles. The average Bonchev–Trinajstić information content (AvgIpc) is 2.23. The summed E-state index contributed by atoms with van der Waals surface area (Å²) in [5.74, 6) is 0.989. The number of rotatable bonds is 7. The lowest BCUT2D eigenvalue weighted by atomic mass is 10.2. The van der Waals surface area contributed by atoms with Crippen LogP contribution < -0.4 is 10.1 Å². The second kappa shape index (κ2) is 7.30. The quantitative estimate of drug-likeness (QED) is 0.694. The highest BCUT2D eigenvalue weighted by Gasteiger charge is 1.93. The molecule has 0 heterocycles. The van der Waals surface area contributed by atoms with Crippen LogP contribution in [0.5, 0.6) is 5.75 Å².